The number of rotatable bonds is 7. The van der Waals surface area contributed by atoms with E-state index in [1.165, 1.54) is 24.4 Å². The van der Waals surface area contributed by atoms with Crippen molar-refractivity contribution in [3.05, 3.63) is 112 Å². The third-order valence-electron chi connectivity index (χ3n) is 4.67. The van der Waals surface area contributed by atoms with Gasteiger partial charge in [0.1, 0.15) is 18.2 Å². The molecule has 1 heterocycles. The number of ether oxygens (including phenoxy) is 1. The van der Waals surface area contributed by atoms with E-state index in [1.807, 2.05) is 36.4 Å². The second-order valence-corrected chi connectivity index (χ2v) is 7.85. The Balaban J connectivity index is 1.47. The molecule has 0 aliphatic heterocycles. The van der Waals surface area contributed by atoms with Crippen LogP contribution < -0.4 is 10.1 Å². The van der Waals surface area contributed by atoms with Crippen molar-refractivity contribution in [1.29, 1.82) is 0 Å². The summed E-state index contributed by atoms with van der Waals surface area (Å²) in [5.41, 5.74) is 2.06. The first-order valence-electron chi connectivity index (χ1n) is 9.72. The zero-order valence-corrected chi connectivity index (χ0v) is 18.3. The van der Waals surface area contributed by atoms with E-state index in [1.54, 1.807) is 23.0 Å². The second kappa shape index (κ2) is 9.85. The van der Waals surface area contributed by atoms with Gasteiger partial charge in [0.15, 0.2) is 0 Å². The first-order chi connectivity index (χ1) is 15.5. The molecular weight excluding hydrogens is 452 g/mol. The molecule has 0 aliphatic carbocycles. The largest absolute Gasteiger partial charge is 0.489 e. The maximum atomic E-state index is 14.0. The van der Waals surface area contributed by atoms with Crippen molar-refractivity contribution in [3.63, 3.8) is 0 Å². The van der Waals surface area contributed by atoms with Gasteiger partial charge in [-0.3, -0.25) is 9.48 Å². The molecule has 0 aliphatic rings. The summed E-state index contributed by atoms with van der Waals surface area (Å²) in [4.78, 5) is 12.4. The van der Waals surface area contributed by atoms with Crippen LogP contribution in [0.5, 0.6) is 5.75 Å². The Hall–Kier alpha value is -3.35. The number of halogens is 3. The molecule has 0 fully saturated rings. The summed E-state index contributed by atoms with van der Waals surface area (Å²) >= 11 is 12.1. The Morgan fingerprint density at radius 1 is 1.06 bits per heavy atom. The van der Waals surface area contributed by atoms with Crippen molar-refractivity contribution < 1.29 is 13.9 Å². The molecule has 0 saturated carbocycles. The van der Waals surface area contributed by atoms with Crippen LogP contribution in [-0.2, 0) is 13.2 Å². The molecule has 162 valence electrons. The van der Waals surface area contributed by atoms with Crippen LogP contribution in [0.1, 0.15) is 21.5 Å². The molecule has 4 rings (SSSR count). The number of aromatic nitrogens is 2. The van der Waals surface area contributed by atoms with Gasteiger partial charge in [-0.25, -0.2) is 4.39 Å². The van der Waals surface area contributed by atoms with Gasteiger partial charge in [0, 0.05) is 16.8 Å². The van der Waals surface area contributed by atoms with Crippen LogP contribution in [0.4, 0.5) is 10.1 Å². The van der Waals surface area contributed by atoms with Gasteiger partial charge in [0.2, 0.25) is 0 Å². The fourth-order valence-corrected chi connectivity index (χ4v) is 3.59. The molecule has 0 unspecified atom stereocenters. The van der Waals surface area contributed by atoms with Gasteiger partial charge in [-0.15, -0.1) is 0 Å². The third-order valence-corrected chi connectivity index (χ3v) is 5.22. The van der Waals surface area contributed by atoms with Crippen molar-refractivity contribution >= 4 is 34.8 Å². The van der Waals surface area contributed by atoms with E-state index in [4.69, 9.17) is 27.9 Å². The Morgan fingerprint density at radius 3 is 2.66 bits per heavy atom. The molecule has 0 radical (unpaired) electrons. The molecule has 4 aromatic rings. The number of hydrogen-bond acceptors (Lipinski definition) is 3. The van der Waals surface area contributed by atoms with E-state index in [0.717, 1.165) is 11.1 Å². The monoisotopic (exact) mass is 469 g/mol. The standard InChI is InChI=1S/C24H18Cl2FN3O2/c25-18-9-10-22(32-15-16-5-2-1-3-6-16)17(11-18)13-30-14-19(12-28-30)29-24(31)23-20(26)7-4-8-21(23)27/h1-12,14H,13,15H2,(H,29,31). The SMILES string of the molecule is O=C(Nc1cnn(Cc2cc(Cl)ccc2OCc2ccccc2)c1)c1c(F)cccc1Cl. The van der Waals surface area contributed by atoms with E-state index in [0.29, 0.717) is 29.6 Å². The van der Waals surface area contributed by atoms with Gasteiger partial charge in [-0.1, -0.05) is 59.6 Å². The summed E-state index contributed by atoms with van der Waals surface area (Å²) in [6.07, 6.45) is 3.11. The van der Waals surface area contributed by atoms with E-state index < -0.39 is 11.7 Å². The van der Waals surface area contributed by atoms with Gasteiger partial charge in [-0.05, 0) is 35.9 Å². The highest BCUT2D eigenvalue weighted by molar-refractivity contribution is 6.34. The average Bonchev–Trinajstić information content (AvgIpc) is 3.20. The molecule has 1 amide bonds. The Morgan fingerprint density at radius 2 is 1.88 bits per heavy atom. The second-order valence-electron chi connectivity index (χ2n) is 7.00. The van der Waals surface area contributed by atoms with E-state index in [2.05, 4.69) is 10.4 Å². The first-order valence-corrected chi connectivity index (χ1v) is 10.5. The lowest BCUT2D eigenvalue weighted by Crippen LogP contribution is -2.14. The van der Waals surface area contributed by atoms with Crippen LogP contribution in [0.15, 0.2) is 79.1 Å². The van der Waals surface area contributed by atoms with Crippen LogP contribution >= 0.6 is 23.2 Å². The van der Waals surface area contributed by atoms with Crippen molar-refractivity contribution in [2.24, 2.45) is 0 Å². The van der Waals surface area contributed by atoms with E-state index >= 15 is 0 Å². The summed E-state index contributed by atoms with van der Waals surface area (Å²) in [6.45, 7) is 0.778. The molecule has 8 heteroatoms. The maximum absolute atomic E-state index is 14.0. The molecule has 1 N–H and O–H groups in total. The van der Waals surface area contributed by atoms with Gasteiger partial charge in [0.25, 0.3) is 5.91 Å². The number of nitrogens with one attached hydrogen (secondary N) is 1. The van der Waals surface area contributed by atoms with Crippen LogP contribution in [0.25, 0.3) is 0 Å². The van der Waals surface area contributed by atoms with Gasteiger partial charge < -0.3 is 10.1 Å². The Bertz CT molecular complexity index is 1220. The quantitative estimate of drug-likeness (QED) is 0.350. The Kier molecular flexibility index (Phi) is 6.73. The number of hydrogen-bond donors (Lipinski definition) is 1. The number of benzene rings is 3. The lowest BCUT2D eigenvalue weighted by molar-refractivity contribution is 0.102. The van der Waals surface area contributed by atoms with Gasteiger partial charge in [0.05, 0.1) is 29.0 Å². The van der Waals surface area contributed by atoms with Crippen LogP contribution in [-0.4, -0.2) is 15.7 Å². The molecule has 0 bridgehead atoms. The average molecular weight is 470 g/mol. The fourth-order valence-electron chi connectivity index (χ4n) is 3.15. The minimum atomic E-state index is -0.693. The summed E-state index contributed by atoms with van der Waals surface area (Å²) < 4.78 is 21.6. The molecule has 3 aromatic carbocycles. The molecule has 5 nitrogen and oxygen atoms in total. The highest BCUT2D eigenvalue weighted by Gasteiger charge is 2.16. The number of carbonyl (C=O) groups is 1. The van der Waals surface area contributed by atoms with Crippen molar-refractivity contribution in [2.45, 2.75) is 13.2 Å². The zero-order chi connectivity index (χ0) is 22.5. The summed E-state index contributed by atoms with van der Waals surface area (Å²) in [7, 11) is 0. The number of carbonyl (C=O) groups excluding carboxylic acids is 1. The highest BCUT2D eigenvalue weighted by Crippen LogP contribution is 2.25. The predicted molar refractivity (Wildman–Crippen MR) is 123 cm³/mol. The van der Waals surface area contributed by atoms with Crippen molar-refractivity contribution in [2.75, 3.05) is 5.32 Å². The maximum Gasteiger partial charge on any atom is 0.260 e. The van der Waals surface area contributed by atoms with Gasteiger partial charge >= 0.3 is 0 Å². The van der Waals surface area contributed by atoms with E-state index in [9.17, 15) is 9.18 Å². The summed E-state index contributed by atoms with van der Waals surface area (Å²) in [5.74, 6) is -0.665. The van der Waals surface area contributed by atoms with Crippen LogP contribution in [0.2, 0.25) is 10.0 Å². The minimum absolute atomic E-state index is 0.0361. The topological polar surface area (TPSA) is 56.2 Å². The lowest BCUT2D eigenvalue weighted by atomic mass is 10.2. The minimum Gasteiger partial charge on any atom is -0.489 e. The number of nitrogens with zero attached hydrogens (tertiary/aromatic N) is 2. The molecule has 1 aromatic heterocycles. The molecule has 0 atom stereocenters. The van der Waals surface area contributed by atoms with Crippen LogP contribution in [0.3, 0.4) is 0 Å². The smallest absolute Gasteiger partial charge is 0.260 e. The van der Waals surface area contributed by atoms with Gasteiger partial charge in [-0.2, -0.15) is 5.10 Å². The Labute approximate surface area is 194 Å². The van der Waals surface area contributed by atoms with Crippen LogP contribution in [0, 0.1) is 5.82 Å². The van der Waals surface area contributed by atoms with Crippen molar-refractivity contribution in [3.8, 4) is 5.75 Å². The number of anilines is 1. The third kappa shape index (κ3) is 5.28. The fraction of sp³-hybridized carbons (Fsp3) is 0.0833. The summed E-state index contributed by atoms with van der Waals surface area (Å²) in [6, 6.07) is 19.3. The molecule has 0 saturated heterocycles. The molecular formula is C24H18Cl2FN3O2. The zero-order valence-electron chi connectivity index (χ0n) is 16.8. The van der Waals surface area contributed by atoms with E-state index in [-0.39, 0.29) is 10.6 Å². The lowest BCUT2D eigenvalue weighted by Gasteiger charge is -2.12. The first kappa shape index (κ1) is 21.9. The predicted octanol–water partition coefficient (Wildman–Crippen LogP) is 6.21. The molecule has 0 spiro atoms. The number of amides is 1. The van der Waals surface area contributed by atoms with Crippen molar-refractivity contribution in [1.82, 2.24) is 9.78 Å². The summed E-state index contributed by atoms with van der Waals surface area (Å²) in [5, 5.41) is 7.49. The highest BCUT2D eigenvalue weighted by atomic mass is 35.5. The normalized spacial score (nSPS) is 10.7. The molecule has 32 heavy (non-hydrogen) atoms.